The number of nitrogens with one attached hydrogen (secondary N) is 1. The van der Waals surface area contributed by atoms with Gasteiger partial charge < -0.3 is 10.1 Å². The van der Waals surface area contributed by atoms with Gasteiger partial charge >= 0.3 is 0 Å². The van der Waals surface area contributed by atoms with Crippen LogP contribution in [-0.2, 0) is 17.9 Å². The molecule has 2 aromatic heterocycles. The number of carbonyl (C=O) groups is 1. The van der Waals surface area contributed by atoms with Crippen molar-refractivity contribution in [2.24, 2.45) is 0 Å². The van der Waals surface area contributed by atoms with Gasteiger partial charge in [0.05, 0.1) is 0 Å². The summed E-state index contributed by atoms with van der Waals surface area (Å²) in [6.07, 6.45) is 8.10. The average molecular weight is 302 g/mol. The predicted octanol–water partition coefficient (Wildman–Crippen LogP) is 0.706. The minimum absolute atomic E-state index is 0.100. The van der Waals surface area contributed by atoms with Gasteiger partial charge in [-0.1, -0.05) is 6.07 Å². The molecule has 1 aliphatic carbocycles. The second kappa shape index (κ2) is 6.97. The average Bonchev–Trinajstić information content (AvgIpc) is 3.20. The maximum atomic E-state index is 11.7. The molecule has 1 amide bonds. The molecule has 0 spiro atoms. The van der Waals surface area contributed by atoms with Crippen LogP contribution in [0.5, 0.6) is 5.88 Å². The van der Waals surface area contributed by atoms with Crippen molar-refractivity contribution in [1.82, 2.24) is 30.5 Å². The molecule has 22 heavy (non-hydrogen) atoms. The molecule has 1 aliphatic rings. The summed E-state index contributed by atoms with van der Waals surface area (Å²) in [6.45, 7) is 0.515. The minimum Gasteiger partial charge on any atom is -0.474 e. The fourth-order valence-corrected chi connectivity index (χ4v) is 2.42. The van der Waals surface area contributed by atoms with Crippen LogP contribution in [0.25, 0.3) is 0 Å². The summed E-state index contributed by atoms with van der Waals surface area (Å²) in [5, 5.41) is 13.4. The molecule has 1 N–H and O–H groups in total. The van der Waals surface area contributed by atoms with E-state index in [-0.39, 0.29) is 12.5 Å². The molecule has 116 valence electrons. The highest BCUT2D eigenvalue weighted by Gasteiger charge is 2.16. The maximum absolute atomic E-state index is 11.7. The first-order valence-corrected chi connectivity index (χ1v) is 7.38. The van der Waals surface area contributed by atoms with Crippen LogP contribution in [0.4, 0.5) is 0 Å². The third-order valence-corrected chi connectivity index (χ3v) is 3.57. The van der Waals surface area contributed by atoms with Crippen molar-refractivity contribution in [1.29, 1.82) is 0 Å². The van der Waals surface area contributed by atoms with Crippen LogP contribution in [-0.4, -0.2) is 37.2 Å². The Morgan fingerprint density at radius 3 is 2.91 bits per heavy atom. The van der Waals surface area contributed by atoms with Gasteiger partial charge in [0.2, 0.25) is 11.8 Å². The molecule has 2 heterocycles. The van der Waals surface area contributed by atoms with E-state index in [9.17, 15) is 4.79 Å². The number of hydrogen-bond donors (Lipinski definition) is 1. The van der Waals surface area contributed by atoms with Crippen molar-refractivity contribution in [3.05, 3.63) is 30.2 Å². The van der Waals surface area contributed by atoms with Crippen LogP contribution in [0.3, 0.4) is 0 Å². The van der Waals surface area contributed by atoms with Gasteiger partial charge in [-0.3, -0.25) is 4.79 Å². The van der Waals surface area contributed by atoms with Crippen LogP contribution in [0, 0.1) is 0 Å². The second-order valence-electron chi connectivity index (χ2n) is 5.31. The number of aromatic nitrogens is 5. The molecule has 1 saturated carbocycles. The second-order valence-corrected chi connectivity index (χ2v) is 5.31. The Hall–Kier alpha value is -2.51. The van der Waals surface area contributed by atoms with Gasteiger partial charge in [-0.2, -0.15) is 0 Å². The zero-order valence-electron chi connectivity index (χ0n) is 12.2. The summed E-state index contributed by atoms with van der Waals surface area (Å²) in [5.41, 5.74) is 0.920. The highest BCUT2D eigenvalue weighted by atomic mass is 16.5. The Morgan fingerprint density at radius 1 is 1.36 bits per heavy atom. The van der Waals surface area contributed by atoms with Gasteiger partial charge in [-0.15, -0.1) is 5.10 Å². The van der Waals surface area contributed by atoms with Crippen LogP contribution in [0.2, 0.25) is 0 Å². The van der Waals surface area contributed by atoms with Gasteiger partial charge in [0.1, 0.15) is 19.0 Å². The van der Waals surface area contributed by atoms with Crippen molar-refractivity contribution >= 4 is 5.91 Å². The van der Waals surface area contributed by atoms with Crippen molar-refractivity contribution in [2.45, 2.75) is 44.9 Å². The Morgan fingerprint density at radius 2 is 2.23 bits per heavy atom. The SMILES string of the molecule is O=C(Cn1cnnn1)NCc1ccc(OC2CCCC2)nc1. The molecule has 0 bridgehead atoms. The van der Waals surface area contributed by atoms with Crippen LogP contribution in [0.1, 0.15) is 31.2 Å². The van der Waals surface area contributed by atoms with Gasteiger partial charge in [0, 0.05) is 18.8 Å². The standard InChI is InChI=1S/C14H18N6O2/c21-13(9-20-10-17-18-19-20)15-7-11-5-6-14(16-8-11)22-12-3-1-2-4-12/h5-6,8,10,12H,1-4,7,9H2,(H,15,21). The van der Waals surface area contributed by atoms with E-state index in [2.05, 4.69) is 25.8 Å². The number of tetrazole rings is 1. The van der Waals surface area contributed by atoms with E-state index < -0.39 is 0 Å². The van der Waals surface area contributed by atoms with E-state index in [4.69, 9.17) is 4.74 Å². The van der Waals surface area contributed by atoms with Crippen molar-refractivity contribution in [3.63, 3.8) is 0 Å². The van der Waals surface area contributed by atoms with Crippen LogP contribution >= 0.6 is 0 Å². The summed E-state index contributed by atoms with van der Waals surface area (Å²) in [4.78, 5) is 16.0. The lowest BCUT2D eigenvalue weighted by molar-refractivity contribution is -0.122. The third kappa shape index (κ3) is 4.00. The van der Waals surface area contributed by atoms with Gasteiger partial charge in [0.25, 0.3) is 0 Å². The first-order valence-electron chi connectivity index (χ1n) is 7.38. The van der Waals surface area contributed by atoms with E-state index >= 15 is 0 Å². The number of hydrogen-bond acceptors (Lipinski definition) is 6. The molecule has 0 saturated heterocycles. The van der Waals surface area contributed by atoms with Crippen molar-refractivity contribution in [3.8, 4) is 5.88 Å². The highest BCUT2D eigenvalue weighted by Crippen LogP contribution is 2.22. The first kappa shape index (κ1) is 14.4. The van der Waals surface area contributed by atoms with Crippen molar-refractivity contribution in [2.75, 3.05) is 0 Å². The van der Waals surface area contributed by atoms with Crippen LogP contribution < -0.4 is 10.1 Å². The molecule has 0 radical (unpaired) electrons. The number of pyridine rings is 1. The van der Waals surface area contributed by atoms with E-state index in [1.165, 1.54) is 23.9 Å². The van der Waals surface area contributed by atoms with E-state index in [0.29, 0.717) is 18.5 Å². The number of ether oxygens (including phenoxy) is 1. The lowest BCUT2D eigenvalue weighted by atomic mass is 10.3. The van der Waals surface area contributed by atoms with E-state index in [0.717, 1.165) is 18.4 Å². The molecule has 0 aliphatic heterocycles. The molecule has 2 aromatic rings. The maximum Gasteiger partial charge on any atom is 0.242 e. The van der Waals surface area contributed by atoms with Gasteiger partial charge in [-0.25, -0.2) is 9.67 Å². The van der Waals surface area contributed by atoms with Gasteiger partial charge in [0.15, 0.2) is 0 Å². The van der Waals surface area contributed by atoms with E-state index in [1.807, 2.05) is 12.1 Å². The number of carbonyl (C=O) groups excluding carboxylic acids is 1. The molecular formula is C14H18N6O2. The van der Waals surface area contributed by atoms with Crippen molar-refractivity contribution < 1.29 is 9.53 Å². The summed E-state index contributed by atoms with van der Waals surface area (Å²) < 4.78 is 7.17. The Labute approximate surface area is 127 Å². The lowest BCUT2D eigenvalue weighted by Crippen LogP contribution is -2.27. The first-order chi connectivity index (χ1) is 10.8. The Bertz CT molecular complexity index is 592. The summed E-state index contributed by atoms with van der Waals surface area (Å²) in [6, 6.07) is 3.76. The van der Waals surface area contributed by atoms with Crippen LogP contribution in [0.15, 0.2) is 24.7 Å². The summed E-state index contributed by atoms with van der Waals surface area (Å²) in [7, 11) is 0. The molecule has 0 atom stereocenters. The summed E-state index contributed by atoms with van der Waals surface area (Å²) >= 11 is 0. The fraction of sp³-hybridized carbons (Fsp3) is 0.500. The van der Waals surface area contributed by atoms with Gasteiger partial charge in [-0.05, 0) is 41.7 Å². The molecule has 1 fully saturated rings. The largest absolute Gasteiger partial charge is 0.474 e. The Kier molecular flexibility index (Phi) is 4.57. The molecular weight excluding hydrogens is 284 g/mol. The predicted molar refractivity (Wildman–Crippen MR) is 76.8 cm³/mol. The molecule has 8 nitrogen and oxygen atoms in total. The number of rotatable bonds is 6. The zero-order valence-corrected chi connectivity index (χ0v) is 12.2. The zero-order chi connectivity index (χ0) is 15.2. The normalized spacial score (nSPS) is 14.9. The topological polar surface area (TPSA) is 94.8 Å². The molecule has 8 heteroatoms. The quantitative estimate of drug-likeness (QED) is 0.844. The number of nitrogens with zero attached hydrogens (tertiary/aromatic N) is 5. The number of amides is 1. The van der Waals surface area contributed by atoms with E-state index in [1.54, 1.807) is 6.20 Å². The molecule has 0 aromatic carbocycles. The highest BCUT2D eigenvalue weighted by molar-refractivity contribution is 5.75. The Balaban J connectivity index is 1.45. The fourth-order valence-electron chi connectivity index (χ4n) is 2.42. The smallest absolute Gasteiger partial charge is 0.242 e. The summed E-state index contributed by atoms with van der Waals surface area (Å²) in [5.74, 6) is 0.495. The molecule has 3 rings (SSSR count). The monoisotopic (exact) mass is 302 g/mol. The molecule has 0 unspecified atom stereocenters. The minimum atomic E-state index is -0.154. The lowest BCUT2D eigenvalue weighted by Gasteiger charge is -2.12. The third-order valence-electron chi connectivity index (χ3n) is 3.57.